The van der Waals surface area contributed by atoms with E-state index in [0.29, 0.717) is 0 Å². The average molecular weight is 411 g/mol. The third-order valence-electron chi connectivity index (χ3n) is 3.40. The van der Waals surface area contributed by atoms with Crippen LogP contribution < -0.4 is 5.32 Å². The topological polar surface area (TPSA) is 137 Å². The van der Waals surface area contributed by atoms with Crippen LogP contribution in [0.25, 0.3) is 0 Å². The Bertz CT molecular complexity index is 524. The Morgan fingerprint density at radius 3 is 1.74 bits per heavy atom. The highest BCUT2D eigenvalue weighted by Gasteiger charge is 2.51. The number of hydrogen-bond acceptors (Lipinski definition) is 9. The molecule has 0 rings (SSSR count). The van der Waals surface area contributed by atoms with Crippen LogP contribution in [0.1, 0.15) is 47.5 Å². The lowest BCUT2D eigenvalue weighted by atomic mass is 9.93. The fraction of sp³-hybridized carbons (Fsp3) is 0.812. The largest absolute Gasteiger partial charge is 0.464 e. The molecule has 158 valence electrons. The van der Waals surface area contributed by atoms with Gasteiger partial charge < -0.3 is 28.9 Å². The molecule has 0 aliphatic rings. The van der Waals surface area contributed by atoms with Crippen LogP contribution in [-0.2, 0) is 37.5 Å². The molecule has 0 aliphatic carbocycles. The van der Waals surface area contributed by atoms with Crippen molar-refractivity contribution in [2.45, 2.75) is 58.8 Å². The molecule has 0 saturated heterocycles. The lowest BCUT2D eigenvalue weighted by molar-refractivity contribution is -0.168. The molecule has 11 heteroatoms. The molecule has 0 aromatic rings. The maximum atomic E-state index is 12.6. The van der Waals surface area contributed by atoms with Crippen LogP contribution in [0.15, 0.2) is 0 Å². The number of nitrogens with one attached hydrogen (secondary N) is 1. The summed E-state index contributed by atoms with van der Waals surface area (Å²) in [5, 5.41) is 12.6. The maximum Gasteiger partial charge on any atom is 0.358 e. The molecule has 0 fully saturated rings. The van der Waals surface area contributed by atoms with Gasteiger partial charge in [-0.3, -0.25) is 9.36 Å². The van der Waals surface area contributed by atoms with Crippen molar-refractivity contribution in [2.75, 3.05) is 26.4 Å². The molecule has 0 bridgehead atoms. The molecule has 0 aromatic heterocycles. The van der Waals surface area contributed by atoms with Gasteiger partial charge in [-0.2, -0.15) is 0 Å². The summed E-state index contributed by atoms with van der Waals surface area (Å²) in [6.07, 6.45) is -0.773. The molecule has 1 unspecified atom stereocenters. The summed E-state index contributed by atoms with van der Waals surface area (Å²) in [5.74, 6) is -4.36. The predicted molar refractivity (Wildman–Crippen MR) is 95.9 cm³/mol. The van der Waals surface area contributed by atoms with Crippen LogP contribution >= 0.6 is 7.60 Å². The lowest BCUT2D eigenvalue weighted by Crippen LogP contribution is -2.61. The molecule has 0 spiro atoms. The van der Waals surface area contributed by atoms with Gasteiger partial charge in [0.1, 0.15) is 0 Å². The van der Waals surface area contributed by atoms with E-state index in [4.69, 9.17) is 18.5 Å². The van der Waals surface area contributed by atoms with E-state index in [2.05, 4.69) is 5.32 Å². The molecule has 0 aromatic carbocycles. The Labute approximate surface area is 159 Å². The van der Waals surface area contributed by atoms with Gasteiger partial charge in [0.05, 0.1) is 26.4 Å². The summed E-state index contributed by atoms with van der Waals surface area (Å²) < 4.78 is 32.6. The van der Waals surface area contributed by atoms with Crippen molar-refractivity contribution in [2.24, 2.45) is 0 Å². The summed E-state index contributed by atoms with van der Waals surface area (Å²) in [4.78, 5) is 36.6. The minimum atomic E-state index is -3.88. The van der Waals surface area contributed by atoms with Crippen molar-refractivity contribution in [3.05, 3.63) is 0 Å². The molecule has 1 amide bonds. The number of aliphatic hydroxyl groups excluding tert-OH is 1. The molecule has 1 atom stereocenters. The van der Waals surface area contributed by atoms with Crippen LogP contribution in [-0.4, -0.2) is 60.8 Å². The van der Waals surface area contributed by atoms with Gasteiger partial charge in [0, 0.05) is 6.92 Å². The van der Waals surface area contributed by atoms with E-state index >= 15 is 0 Å². The van der Waals surface area contributed by atoms with Gasteiger partial charge >= 0.3 is 19.5 Å². The van der Waals surface area contributed by atoms with E-state index in [1.165, 1.54) is 13.8 Å². The standard InChI is InChI=1S/C16H30NO9P/c1-6-23-14(20)16(17-12(5)18,15(21)24-7-2)11-10-13(19)27(22,25-8-3)26-9-4/h13,19H,6-11H2,1-5H3,(H,17,18). The van der Waals surface area contributed by atoms with Crippen molar-refractivity contribution in [3.63, 3.8) is 0 Å². The molecule has 2 N–H and O–H groups in total. The van der Waals surface area contributed by atoms with E-state index in [-0.39, 0.29) is 32.8 Å². The highest BCUT2D eigenvalue weighted by atomic mass is 31.2. The smallest absolute Gasteiger partial charge is 0.358 e. The van der Waals surface area contributed by atoms with E-state index in [1.807, 2.05) is 0 Å². The van der Waals surface area contributed by atoms with Crippen molar-refractivity contribution in [1.29, 1.82) is 0 Å². The zero-order chi connectivity index (χ0) is 21.1. The van der Waals surface area contributed by atoms with Crippen molar-refractivity contribution in [1.82, 2.24) is 5.32 Å². The Morgan fingerprint density at radius 2 is 1.41 bits per heavy atom. The molecule has 0 saturated carbocycles. The Hall–Kier alpha value is -1.48. The maximum absolute atomic E-state index is 12.6. The van der Waals surface area contributed by atoms with Gasteiger partial charge in [-0.1, -0.05) is 0 Å². The Morgan fingerprint density at radius 1 is 0.963 bits per heavy atom. The zero-order valence-corrected chi connectivity index (χ0v) is 17.4. The number of amides is 1. The van der Waals surface area contributed by atoms with Gasteiger partial charge in [-0.15, -0.1) is 0 Å². The van der Waals surface area contributed by atoms with E-state index < -0.39 is 43.2 Å². The molecular weight excluding hydrogens is 381 g/mol. The fourth-order valence-corrected chi connectivity index (χ4v) is 3.92. The Balaban J connectivity index is 5.73. The van der Waals surface area contributed by atoms with E-state index in [9.17, 15) is 24.1 Å². The molecular formula is C16H30NO9P. The van der Waals surface area contributed by atoms with Crippen LogP contribution in [0.3, 0.4) is 0 Å². The minimum absolute atomic E-state index is 0.0287. The number of ether oxygens (including phenoxy) is 2. The van der Waals surface area contributed by atoms with Gasteiger partial charge in [-0.25, -0.2) is 9.59 Å². The molecule has 10 nitrogen and oxygen atoms in total. The number of aliphatic hydroxyl groups is 1. The summed E-state index contributed by atoms with van der Waals surface area (Å²) in [6.45, 7) is 7.33. The van der Waals surface area contributed by atoms with Gasteiger partial charge in [0.15, 0.2) is 5.85 Å². The van der Waals surface area contributed by atoms with Crippen molar-refractivity contribution in [3.8, 4) is 0 Å². The highest BCUT2D eigenvalue weighted by molar-refractivity contribution is 7.54. The fourth-order valence-electron chi connectivity index (χ4n) is 2.33. The zero-order valence-electron chi connectivity index (χ0n) is 16.5. The van der Waals surface area contributed by atoms with Crippen LogP contribution in [0, 0.1) is 0 Å². The van der Waals surface area contributed by atoms with Crippen molar-refractivity contribution >= 4 is 25.4 Å². The first-order valence-electron chi connectivity index (χ1n) is 8.83. The summed E-state index contributed by atoms with van der Waals surface area (Å²) in [7, 11) is -3.88. The minimum Gasteiger partial charge on any atom is -0.464 e. The highest BCUT2D eigenvalue weighted by Crippen LogP contribution is 2.53. The second-order valence-corrected chi connectivity index (χ2v) is 7.61. The summed E-state index contributed by atoms with van der Waals surface area (Å²) >= 11 is 0. The van der Waals surface area contributed by atoms with Crippen LogP contribution in [0.4, 0.5) is 0 Å². The molecule has 0 heterocycles. The first kappa shape index (κ1) is 25.5. The monoisotopic (exact) mass is 411 g/mol. The molecule has 27 heavy (non-hydrogen) atoms. The SMILES string of the molecule is CCOC(=O)C(CCC(O)P(=O)(OCC)OCC)(NC(C)=O)C(=O)OCC. The predicted octanol–water partition coefficient (Wildman–Crippen LogP) is 1.35. The Kier molecular flexibility index (Phi) is 11.4. The number of esters is 2. The number of carbonyl (C=O) groups excluding carboxylic acids is 3. The number of carbonyl (C=O) groups is 3. The van der Waals surface area contributed by atoms with Crippen LogP contribution in [0.2, 0.25) is 0 Å². The van der Waals surface area contributed by atoms with Gasteiger partial charge in [-0.05, 0) is 40.5 Å². The third kappa shape index (κ3) is 7.21. The first-order valence-corrected chi connectivity index (χ1v) is 10.4. The quantitative estimate of drug-likeness (QED) is 0.261. The summed E-state index contributed by atoms with van der Waals surface area (Å²) in [5.41, 5.74) is -2.18. The first-order chi connectivity index (χ1) is 12.6. The molecule has 0 radical (unpaired) electrons. The second kappa shape index (κ2) is 12.1. The van der Waals surface area contributed by atoms with Crippen molar-refractivity contribution < 1.29 is 42.6 Å². The van der Waals surface area contributed by atoms with Gasteiger partial charge in [0.25, 0.3) is 0 Å². The van der Waals surface area contributed by atoms with E-state index in [1.54, 1.807) is 13.8 Å². The number of hydrogen-bond donors (Lipinski definition) is 2. The third-order valence-corrected chi connectivity index (χ3v) is 5.62. The van der Waals surface area contributed by atoms with Gasteiger partial charge in [0.2, 0.25) is 11.4 Å². The molecule has 0 aliphatic heterocycles. The lowest BCUT2D eigenvalue weighted by Gasteiger charge is -2.31. The summed E-state index contributed by atoms with van der Waals surface area (Å²) in [6, 6.07) is 0. The second-order valence-electron chi connectivity index (χ2n) is 5.42. The average Bonchev–Trinajstić information content (AvgIpc) is 2.58. The van der Waals surface area contributed by atoms with E-state index in [0.717, 1.165) is 6.92 Å². The number of rotatable bonds is 13. The normalized spacial score (nSPS) is 13.0. The van der Waals surface area contributed by atoms with Crippen LogP contribution in [0.5, 0.6) is 0 Å².